The maximum Gasteiger partial charge on any atom is 0.237 e. The SMILES string of the molecule is CCN(CCC(C)(NC)C(N)=O)C1CCCCC1. The number of amides is 1. The molecule has 18 heavy (non-hydrogen) atoms. The predicted molar refractivity (Wildman–Crippen MR) is 75.4 cm³/mol. The lowest BCUT2D eigenvalue weighted by molar-refractivity contribution is -0.124. The van der Waals surface area contributed by atoms with E-state index in [1.165, 1.54) is 32.1 Å². The summed E-state index contributed by atoms with van der Waals surface area (Å²) >= 11 is 0. The highest BCUT2D eigenvalue weighted by molar-refractivity contribution is 5.84. The van der Waals surface area contributed by atoms with Crippen LogP contribution in [0.1, 0.15) is 52.4 Å². The van der Waals surface area contributed by atoms with Gasteiger partial charge in [0.1, 0.15) is 0 Å². The molecule has 1 amide bonds. The van der Waals surface area contributed by atoms with Crippen molar-refractivity contribution in [1.29, 1.82) is 0 Å². The van der Waals surface area contributed by atoms with Crippen LogP contribution in [-0.2, 0) is 4.79 Å². The molecule has 1 fully saturated rings. The molecule has 1 atom stereocenters. The maximum absolute atomic E-state index is 11.5. The monoisotopic (exact) mass is 255 g/mol. The zero-order valence-electron chi connectivity index (χ0n) is 12.2. The van der Waals surface area contributed by atoms with Crippen LogP contribution in [0.5, 0.6) is 0 Å². The van der Waals surface area contributed by atoms with Crippen LogP contribution in [-0.4, -0.2) is 42.5 Å². The van der Waals surface area contributed by atoms with E-state index in [0.717, 1.165) is 19.5 Å². The summed E-state index contributed by atoms with van der Waals surface area (Å²) in [7, 11) is 1.81. The van der Waals surface area contributed by atoms with E-state index in [2.05, 4.69) is 17.1 Å². The Morgan fingerprint density at radius 2 is 2.00 bits per heavy atom. The van der Waals surface area contributed by atoms with E-state index in [-0.39, 0.29) is 5.91 Å². The first kappa shape index (κ1) is 15.4. The maximum atomic E-state index is 11.5. The summed E-state index contributed by atoms with van der Waals surface area (Å²) in [6, 6.07) is 0.706. The Labute approximate surface area is 111 Å². The third-order valence-corrected chi connectivity index (χ3v) is 4.49. The Bertz CT molecular complexity index is 264. The number of carbonyl (C=O) groups excluding carboxylic acids is 1. The van der Waals surface area contributed by atoms with Crippen molar-refractivity contribution in [3.8, 4) is 0 Å². The third kappa shape index (κ3) is 3.95. The zero-order valence-corrected chi connectivity index (χ0v) is 12.2. The van der Waals surface area contributed by atoms with Gasteiger partial charge in [0.15, 0.2) is 0 Å². The molecular formula is C14H29N3O. The minimum atomic E-state index is -0.581. The van der Waals surface area contributed by atoms with Crippen LogP contribution < -0.4 is 11.1 Å². The highest BCUT2D eigenvalue weighted by atomic mass is 16.1. The standard InChI is InChI=1S/C14H29N3O/c1-4-17(12-8-6-5-7-9-12)11-10-14(2,16-3)13(15)18/h12,16H,4-11H2,1-3H3,(H2,15,18). The van der Waals surface area contributed by atoms with Crippen molar-refractivity contribution in [2.24, 2.45) is 5.73 Å². The number of nitrogens with two attached hydrogens (primary N) is 1. The molecule has 0 aliphatic heterocycles. The van der Waals surface area contributed by atoms with Gasteiger partial charge in [-0.2, -0.15) is 0 Å². The number of likely N-dealkylation sites (N-methyl/N-ethyl adjacent to an activating group) is 1. The van der Waals surface area contributed by atoms with Crippen LogP contribution in [0.2, 0.25) is 0 Å². The van der Waals surface area contributed by atoms with E-state index in [1.807, 2.05) is 14.0 Å². The van der Waals surface area contributed by atoms with Gasteiger partial charge in [0, 0.05) is 12.6 Å². The van der Waals surface area contributed by atoms with Gasteiger partial charge >= 0.3 is 0 Å². The fourth-order valence-electron chi connectivity index (χ4n) is 2.78. The normalized spacial score (nSPS) is 20.9. The molecule has 0 saturated heterocycles. The van der Waals surface area contributed by atoms with Crippen LogP contribution in [0.25, 0.3) is 0 Å². The quantitative estimate of drug-likeness (QED) is 0.725. The molecule has 1 aliphatic carbocycles. The van der Waals surface area contributed by atoms with Crippen molar-refractivity contribution in [2.75, 3.05) is 20.1 Å². The molecule has 0 bridgehead atoms. The smallest absolute Gasteiger partial charge is 0.237 e. The molecule has 1 saturated carbocycles. The fourth-order valence-corrected chi connectivity index (χ4v) is 2.78. The van der Waals surface area contributed by atoms with E-state index in [4.69, 9.17) is 5.73 Å². The van der Waals surface area contributed by atoms with Crippen molar-refractivity contribution < 1.29 is 4.79 Å². The second kappa shape index (κ2) is 7.10. The number of carbonyl (C=O) groups is 1. The van der Waals surface area contributed by atoms with E-state index in [0.29, 0.717) is 6.04 Å². The fraction of sp³-hybridized carbons (Fsp3) is 0.929. The van der Waals surface area contributed by atoms with Gasteiger partial charge < -0.3 is 16.0 Å². The number of nitrogens with zero attached hydrogens (tertiary/aromatic N) is 1. The van der Waals surface area contributed by atoms with E-state index >= 15 is 0 Å². The summed E-state index contributed by atoms with van der Waals surface area (Å²) in [4.78, 5) is 14.0. The Morgan fingerprint density at radius 3 is 2.44 bits per heavy atom. The van der Waals surface area contributed by atoms with Gasteiger partial charge in [-0.25, -0.2) is 0 Å². The van der Waals surface area contributed by atoms with Gasteiger partial charge in [0.25, 0.3) is 0 Å². The van der Waals surface area contributed by atoms with Crippen molar-refractivity contribution in [1.82, 2.24) is 10.2 Å². The first-order chi connectivity index (χ1) is 8.53. The van der Waals surface area contributed by atoms with Gasteiger partial charge in [-0.15, -0.1) is 0 Å². The highest BCUT2D eigenvalue weighted by Gasteiger charge is 2.30. The van der Waals surface area contributed by atoms with Crippen LogP contribution in [0.3, 0.4) is 0 Å². The lowest BCUT2D eigenvalue weighted by atomic mass is 9.92. The van der Waals surface area contributed by atoms with E-state index in [9.17, 15) is 4.79 Å². The van der Waals surface area contributed by atoms with Gasteiger partial charge in [-0.3, -0.25) is 4.79 Å². The van der Waals surface area contributed by atoms with Crippen molar-refractivity contribution >= 4 is 5.91 Å². The van der Waals surface area contributed by atoms with E-state index < -0.39 is 5.54 Å². The molecule has 0 heterocycles. The van der Waals surface area contributed by atoms with Gasteiger partial charge in [-0.1, -0.05) is 26.2 Å². The third-order valence-electron chi connectivity index (χ3n) is 4.49. The molecule has 0 aromatic rings. The molecule has 1 rings (SSSR count). The van der Waals surface area contributed by atoms with Gasteiger partial charge in [0.2, 0.25) is 5.91 Å². The second-order valence-corrected chi connectivity index (χ2v) is 5.62. The molecule has 0 radical (unpaired) electrons. The number of rotatable bonds is 7. The highest BCUT2D eigenvalue weighted by Crippen LogP contribution is 2.23. The van der Waals surface area contributed by atoms with Crippen molar-refractivity contribution in [2.45, 2.75) is 64.0 Å². The molecule has 1 aliphatic rings. The number of hydrogen-bond donors (Lipinski definition) is 2. The van der Waals surface area contributed by atoms with Gasteiger partial charge in [-0.05, 0) is 39.8 Å². The first-order valence-corrected chi connectivity index (χ1v) is 7.26. The average Bonchev–Trinajstić information content (AvgIpc) is 2.40. The van der Waals surface area contributed by atoms with Crippen molar-refractivity contribution in [3.63, 3.8) is 0 Å². The van der Waals surface area contributed by atoms with Crippen LogP contribution in [0, 0.1) is 0 Å². The molecule has 0 aromatic carbocycles. The summed E-state index contributed by atoms with van der Waals surface area (Å²) < 4.78 is 0. The minimum Gasteiger partial charge on any atom is -0.368 e. The molecule has 1 unspecified atom stereocenters. The summed E-state index contributed by atoms with van der Waals surface area (Å²) in [6.45, 7) is 6.10. The second-order valence-electron chi connectivity index (χ2n) is 5.62. The summed E-state index contributed by atoms with van der Waals surface area (Å²) in [6.07, 6.45) is 7.47. The molecule has 3 N–H and O–H groups in total. The summed E-state index contributed by atoms with van der Waals surface area (Å²) in [5, 5.41) is 3.06. The molecule has 4 nitrogen and oxygen atoms in total. The van der Waals surface area contributed by atoms with Crippen LogP contribution in [0.4, 0.5) is 0 Å². The lowest BCUT2D eigenvalue weighted by Gasteiger charge is -2.36. The topological polar surface area (TPSA) is 58.4 Å². The molecule has 0 spiro atoms. The Hall–Kier alpha value is -0.610. The summed E-state index contributed by atoms with van der Waals surface area (Å²) in [5.41, 5.74) is 4.89. The van der Waals surface area contributed by atoms with Crippen LogP contribution in [0.15, 0.2) is 0 Å². The Kier molecular flexibility index (Phi) is 6.09. The number of nitrogens with one attached hydrogen (secondary N) is 1. The largest absolute Gasteiger partial charge is 0.368 e. The van der Waals surface area contributed by atoms with Crippen molar-refractivity contribution in [3.05, 3.63) is 0 Å². The molecule has 4 heteroatoms. The number of hydrogen-bond acceptors (Lipinski definition) is 3. The molecule has 106 valence electrons. The molecule has 0 aromatic heterocycles. The predicted octanol–water partition coefficient (Wildman–Crippen LogP) is 1.49. The Morgan fingerprint density at radius 1 is 1.39 bits per heavy atom. The zero-order chi connectivity index (χ0) is 13.6. The van der Waals surface area contributed by atoms with E-state index in [1.54, 1.807) is 0 Å². The van der Waals surface area contributed by atoms with Gasteiger partial charge in [0.05, 0.1) is 5.54 Å². The van der Waals surface area contributed by atoms with Crippen LogP contribution >= 0.6 is 0 Å². The molecular weight excluding hydrogens is 226 g/mol. The number of primary amides is 1. The minimum absolute atomic E-state index is 0.260. The Balaban J connectivity index is 2.50. The lowest BCUT2D eigenvalue weighted by Crippen LogP contribution is -2.53. The first-order valence-electron chi connectivity index (χ1n) is 7.26. The average molecular weight is 255 g/mol. The summed E-state index contributed by atoms with van der Waals surface area (Å²) in [5.74, 6) is -0.260.